The van der Waals surface area contributed by atoms with E-state index in [4.69, 9.17) is 11.6 Å². The average molecular weight is 367 g/mol. The Labute approximate surface area is 147 Å². The Hall–Kier alpha value is -2.05. The van der Waals surface area contributed by atoms with Crippen molar-refractivity contribution in [3.05, 3.63) is 64.7 Å². The fraction of sp³-hybridized carbons (Fsp3) is 0.235. The number of benzene rings is 2. The molecule has 0 saturated heterocycles. The Balaban J connectivity index is 2.07. The molecule has 0 bridgehead atoms. The first-order valence-corrected chi connectivity index (χ1v) is 9.59. The summed E-state index contributed by atoms with van der Waals surface area (Å²) >= 11 is 6.09. The molecule has 2 aromatic carbocycles. The van der Waals surface area contributed by atoms with Gasteiger partial charge >= 0.3 is 0 Å². The number of hydrogen-bond donors (Lipinski definition) is 1. The third-order valence-electron chi connectivity index (χ3n) is 3.40. The number of para-hydroxylation sites is 1. The van der Waals surface area contributed by atoms with Gasteiger partial charge < -0.3 is 5.32 Å². The second-order valence-electron chi connectivity index (χ2n) is 5.41. The van der Waals surface area contributed by atoms with Crippen molar-refractivity contribution < 1.29 is 13.2 Å². The van der Waals surface area contributed by atoms with Crippen molar-refractivity contribution in [1.29, 1.82) is 0 Å². The smallest absolute Gasteiger partial charge is 0.251 e. The molecule has 1 amide bonds. The highest BCUT2D eigenvalue weighted by molar-refractivity contribution is 7.92. The summed E-state index contributed by atoms with van der Waals surface area (Å²) in [4.78, 5) is 12.1. The minimum absolute atomic E-state index is 0.0973. The maximum Gasteiger partial charge on any atom is 0.251 e. The Morgan fingerprint density at radius 2 is 1.88 bits per heavy atom. The highest BCUT2D eigenvalue weighted by Crippen LogP contribution is 2.26. The quantitative estimate of drug-likeness (QED) is 0.854. The number of carbonyl (C=O) groups is 1. The highest BCUT2D eigenvalue weighted by Gasteiger charge is 2.19. The van der Waals surface area contributed by atoms with Crippen molar-refractivity contribution in [2.45, 2.75) is 6.92 Å². The van der Waals surface area contributed by atoms with Gasteiger partial charge in [0.15, 0.2) is 0 Å². The topological polar surface area (TPSA) is 66.5 Å². The van der Waals surface area contributed by atoms with Gasteiger partial charge in [0.05, 0.1) is 23.5 Å². The van der Waals surface area contributed by atoms with Gasteiger partial charge in [0, 0.05) is 12.1 Å². The molecule has 128 valence electrons. The Bertz CT molecular complexity index is 837. The zero-order chi connectivity index (χ0) is 17.7. The number of rotatable bonds is 6. The molecule has 0 aliphatic carbocycles. The van der Waals surface area contributed by atoms with Crippen LogP contribution in [0, 0.1) is 6.92 Å². The van der Waals surface area contributed by atoms with Crippen LogP contribution in [-0.4, -0.2) is 33.7 Å². The van der Waals surface area contributed by atoms with Crippen LogP contribution in [0.1, 0.15) is 15.9 Å². The molecule has 5 nitrogen and oxygen atoms in total. The predicted molar refractivity (Wildman–Crippen MR) is 97.2 cm³/mol. The second kappa shape index (κ2) is 7.68. The molecular weight excluding hydrogens is 348 g/mol. The van der Waals surface area contributed by atoms with Crippen molar-refractivity contribution in [2.75, 3.05) is 23.7 Å². The van der Waals surface area contributed by atoms with Gasteiger partial charge in [0.25, 0.3) is 5.91 Å². The van der Waals surface area contributed by atoms with Gasteiger partial charge in [0.1, 0.15) is 0 Å². The Morgan fingerprint density at radius 1 is 1.17 bits per heavy atom. The van der Waals surface area contributed by atoms with E-state index in [2.05, 4.69) is 5.32 Å². The summed E-state index contributed by atoms with van der Waals surface area (Å²) in [6, 6.07) is 13.9. The third kappa shape index (κ3) is 4.72. The standard InChI is InChI=1S/C17H19ClN2O3S/c1-13-6-5-7-14(12-13)17(21)19-10-11-20(24(2,22)23)16-9-4-3-8-15(16)18/h3-9,12H,10-11H2,1-2H3,(H,19,21). The van der Waals surface area contributed by atoms with Gasteiger partial charge in [-0.15, -0.1) is 0 Å². The number of halogens is 1. The SMILES string of the molecule is Cc1cccc(C(=O)NCCN(c2ccccc2Cl)S(C)(=O)=O)c1. The highest BCUT2D eigenvalue weighted by atomic mass is 35.5. The first kappa shape index (κ1) is 18.3. The molecule has 0 aliphatic heterocycles. The third-order valence-corrected chi connectivity index (χ3v) is 4.90. The van der Waals surface area contributed by atoms with Crippen LogP contribution in [0.2, 0.25) is 5.02 Å². The Kier molecular flexibility index (Phi) is 5.85. The van der Waals surface area contributed by atoms with Gasteiger partial charge in [-0.2, -0.15) is 0 Å². The summed E-state index contributed by atoms with van der Waals surface area (Å²) in [7, 11) is -3.51. The van der Waals surface area contributed by atoms with Gasteiger partial charge in [0.2, 0.25) is 10.0 Å². The summed E-state index contributed by atoms with van der Waals surface area (Å²) in [6.45, 7) is 2.17. The van der Waals surface area contributed by atoms with Crippen molar-refractivity contribution >= 4 is 33.2 Å². The number of sulfonamides is 1. The molecule has 0 aliphatic rings. The van der Waals surface area contributed by atoms with Gasteiger partial charge in [-0.1, -0.05) is 41.4 Å². The molecule has 0 unspecified atom stereocenters. The number of anilines is 1. The van der Waals surface area contributed by atoms with Crippen LogP contribution in [0.15, 0.2) is 48.5 Å². The average Bonchev–Trinajstić information content (AvgIpc) is 2.51. The van der Waals surface area contributed by atoms with Crippen LogP contribution in [0.3, 0.4) is 0 Å². The van der Waals surface area contributed by atoms with Crippen LogP contribution in [-0.2, 0) is 10.0 Å². The van der Waals surface area contributed by atoms with Crippen molar-refractivity contribution in [2.24, 2.45) is 0 Å². The molecule has 2 aromatic rings. The van der Waals surface area contributed by atoms with E-state index in [0.29, 0.717) is 16.3 Å². The van der Waals surface area contributed by atoms with E-state index < -0.39 is 10.0 Å². The first-order chi connectivity index (χ1) is 11.3. The number of amides is 1. The van der Waals surface area contributed by atoms with E-state index in [1.54, 1.807) is 42.5 Å². The maximum absolute atomic E-state index is 12.1. The van der Waals surface area contributed by atoms with E-state index in [1.807, 2.05) is 13.0 Å². The number of nitrogens with one attached hydrogen (secondary N) is 1. The molecule has 1 N–H and O–H groups in total. The minimum atomic E-state index is -3.51. The Morgan fingerprint density at radius 3 is 2.50 bits per heavy atom. The van der Waals surface area contributed by atoms with Crippen LogP contribution in [0.5, 0.6) is 0 Å². The molecule has 0 spiro atoms. The molecule has 24 heavy (non-hydrogen) atoms. The summed E-state index contributed by atoms with van der Waals surface area (Å²) in [5, 5.41) is 3.07. The normalized spacial score (nSPS) is 11.1. The molecular formula is C17H19ClN2O3S. The van der Waals surface area contributed by atoms with Crippen molar-refractivity contribution in [3.8, 4) is 0 Å². The zero-order valence-electron chi connectivity index (χ0n) is 13.5. The number of aryl methyl sites for hydroxylation is 1. The summed E-state index contributed by atoms with van der Waals surface area (Å²) in [6.07, 6.45) is 1.11. The van der Waals surface area contributed by atoms with Crippen LogP contribution < -0.4 is 9.62 Å². The monoisotopic (exact) mass is 366 g/mol. The number of nitrogens with zero attached hydrogens (tertiary/aromatic N) is 1. The molecule has 0 saturated carbocycles. The largest absolute Gasteiger partial charge is 0.350 e. The van der Waals surface area contributed by atoms with E-state index in [-0.39, 0.29) is 19.0 Å². The second-order valence-corrected chi connectivity index (χ2v) is 7.73. The summed E-state index contributed by atoms with van der Waals surface area (Å²) < 4.78 is 25.2. The zero-order valence-corrected chi connectivity index (χ0v) is 15.1. The van der Waals surface area contributed by atoms with Crippen molar-refractivity contribution in [1.82, 2.24) is 5.32 Å². The fourth-order valence-electron chi connectivity index (χ4n) is 2.28. The molecule has 0 radical (unpaired) electrons. The van der Waals surface area contributed by atoms with Gasteiger partial charge in [-0.05, 0) is 31.2 Å². The number of hydrogen-bond acceptors (Lipinski definition) is 3. The molecule has 0 fully saturated rings. The van der Waals surface area contributed by atoms with Crippen LogP contribution in [0.4, 0.5) is 5.69 Å². The lowest BCUT2D eigenvalue weighted by Crippen LogP contribution is -2.38. The van der Waals surface area contributed by atoms with E-state index in [1.165, 1.54) is 4.31 Å². The van der Waals surface area contributed by atoms with Crippen LogP contribution >= 0.6 is 11.6 Å². The van der Waals surface area contributed by atoms with E-state index >= 15 is 0 Å². The van der Waals surface area contributed by atoms with Gasteiger partial charge in [-0.3, -0.25) is 9.10 Å². The lowest BCUT2D eigenvalue weighted by atomic mass is 10.1. The molecule has 0 aromatic heterocycles. The van der Waals surface area contributed by atoms with Crippen LogP contribution in [0.25, 0.3) is 0 Å². The summed E-state index contributed by atoms with van der Waals surface area (Å²) in [5.41, 5.74) is 1.92. The predicted octanol–water partition coefficient (Wildman–Crippen LogP) is 2.84. The number of carbonyl (C=O) groups excluding carboxylic acids is 1. The molecule has 2 rings (SSSR count). The first-order valence-electron chi connectivity index (χ1n) is 7.36. The molecule has 7 heteroatoms. The summed E-state index contributed by atoms with van der Waals surface area (Å²) in [5.74, 6) is -0.244. The fourth-order valence-corrected chi connectivity index (χ4v) is 3.51. The molecule has 0 heterocycles. The minimum Gasteiger partial charge on any atom is -0.350 e. The van der Waals surface area contributed by atoms with Crippen molar-refractivity contribution in [3.63, 3.8) is 0 Å². The lowest BCUT2D eigenvalue weighted by molar-refractivity contribution is 0.0954. The lowest BCUT2D eigenvalue weighted by Gasteiger charge is -2.23. The van der Waals surface area contributed by atoms with Gasteiger partial charge in [-0.25, -0.2) is 8.42 Å². The van der Waals surface area contributed by atoms with E-state index in [0.717, 1.165) is 11.8 Å². The van der Waals surface area contributed by atoms with E-state index in [9.17, 15) is 13.2 Å². The molecule has 0 atom stereocenters. The maximum atomic E-state index is 12.1.